The van der Waals surface area contributed by atoms with Crippen LogP contribution in [0.25, 0.3) is 0 Å². The van der Waals surface area contributed by atoms with Crippen LogP contribution in [-0.2, 0) is 9.59 Å². The second-order valence-electron chi connectivity index (χ2n) is 9.82. The molecule has 1 saturated heterocycles. The Bertz CT molecular complexity index is 1130. The molecule has 2 aliphatic carbocycles. The third-order valence-electron chi connectivity index (χ3n) is 7.54. The van der Waals surface area contributed by atoms with Gasteiger partial charge in [0, 0.05) is 16.0 Å². The summed E-state index contributed by atoms with van der Waals surface area (Å²) in [5, 5.41) is 11.9. The van der Waals surface area contributed by atoms with Crippen LogP contribution in [0, 0.1) is 0 Å². The predicted octanol–water partition coefficient (Wildman–Crippen LogP) is 1.96. The fourth-order valence-corrected chi connectivity index (χ4v) is 5.95. The molecule has 3 aliphatic rings. The molecule has 11 heteroatoms. The van der Waals surface area contributed by atoms with Crippen molar-refractivity contribution in [2.75, 3.05) is 7.05 Å². The summed E-state index contributed by atoms with van der Waals surface area (Å²) in [6.07, 6.45) is 4.30. The summed E-state index contributed by atoms with van der Waals surface area (Å²) in [4.78, 5) is 36.0. The fraction of sp³-hybridized carbons (Fsp3) is 0.423. The molecular weight excluding hydrogens is 617 g/mol. The number of hydrogen-bond donors (Lipinski definition) is 3. The van der Waals surface area contributed by atoms with Crippen molar-refractivity contribution in [3.05, 3.63) is 68.6 Å². The van der Waals surface area contributed by atoms with Gasteiger partial charge in [-0.1, -0.05) is 56.1 Å². The van der Waals surface area contributed by atoms with Gasteiger partial charge in [-0.2, -0.15) is 0 Å². The van der Waals surface area contributed by atoms with Crippen molar-refractivity contribution in [3.8, 4) is 0 Å². The first-order valence-corrected chi connectivity index (χ1v) is 13.3. The van der Waals surface area contributed by atoms with Gasteiger partial charge in [0.25, 0.3) is 5.91 Å². The zero-order valence-corrected chi connectivity index (χ0v) is 26.1. The SMILES string of the molecule is CN1C(=O)N[C@@]2(CC[C@H](c3ccc(Br)cc3)C2)C1=O.N[C@]1(C(=O)O)CC[C@H](c2ccc(Br)cc2)C1.[Na+].[OH-]. The monoisotopic (exact) mass is 645 g/mol. The summed E-state index contributed by atoms with van der Waals surface area (Å²) < 4.78 is 2.08. The Morgan fingerprint density at radius 1 is 0.946 bits per heavy atom. The smallest absolute Gasteiger partial charge is 0.870 e. The van der Waals surface area contributed by atoms with Crippen molar-refractivity contribution < 1.29 is 54.5 Å². The standard InChI is InChI=1S/C14H15BrN2O2.C12H14BrNO2.Na.H2O/c1-17-12(18)14(16-13(17)19)7-6-10(8-14)9-2-4-11(15)5-3-9;13-10-3-1-8(2-4-10)9-5-6-12(14,7-9)11(15)16;;/h2-5,10H,6-8H2,1H3,(H,16,19);1-4,9H,5-7,14H2,(H,15,16);;1H2/q;;+1;/p-1/t10-,14+;9-,12+;;/m00../s1. The minimum atomic E-state index is -1.03. The van der Waals surface area contributed by atoms with Crippen molar-refractivity contribution in [1.82, 2.24) is 10.2 Å². The largest absolute Gasteiger partial charge is 1.00 e. The number of aliphatic carboxylic acids is 1. The molecule has 2 aromatic rings. The molecule has 5 rings (SSSR count). The molecule has 8 nitrogen and oxygen atoms in total. The van der Waals surface area contributed by atoms with E-state index in [-0.39, 0.29) is 52.9 Å². The van der Waals surface area contributed by atoms with E-state index in [1.54, 1.807) is 7.05 Å². The second-order valence-corrected chi connectivity index (χ2v) is 11.7. The van der Waals surface area contributed by atoms with Gasteiger partial charge in [-0.05, 0) is 85.8 Å². The van der Waals surface area contributed by atoms with E-state index < -0.39 is 17.0 Å². The van der Waals surface area contributed by atoms with Gasteiger partial charge < -0.3 is 21.6 Å². The van der Waals surface area contributed by atoms with Gasteiger partial charge in [0.2, 0.25) is 0 Å². The normalized spacial score (nSPS) is 28.2. The maximum Gasteiger partial charge on any atom is 1.00 e. The van der Waals surface area contributed by atoms with Crippen molar-refractivity contribution in [2.24, 2.45) is 5.73 Å². The quantitative estimate of drug-likeness (QED) is 0.344. The van der Waals surface area contributed by atoms with Crippen LogP contribution in [0.3, 0.4) is 0 Å². The first kappa shape index (κ1) is 31.9. The van der Waals surface area contributed by atoms with Gasteiger partial charge in [-0.15, -0.1) is 0 Å². The van der Waals surface area contributed by atoms with E-state index in [4.69, 9.17) is 10.8 Å². The molecule has 37 heavy (non-hydrogen) atoms. The van der Waals surface area contributed by atoms with E-state index in [2.05, 4.69) is 49.3 Å². The number of likely N-dealkylation sites (N-methyl/N-ethyl adjacent to an activating group) is 1. The summed E-state index contributed by atoms with van der Waals surface area (Å²) >= 11 is 6.80. The molecule has 1 heterocycles. The van der Waals surface area contributed by atoms with E-state index in [0.717, 1.165) is 28.2 Å². The van der Waals surface area contributed by atoms with Crippen molar-refractivity contribution in [3.63, 3.8) is 0 Å². The summed E-state index contributed by atoms with van der Waals surface area (Å²) in [6, 6.07) is 15.9. The van der Waals surface area contributed by atoms with E-state index >= 15 is 0 Å². The number of amides is 3. The predicted molar refractivity (Wildman–Crippen MR) is 142 cm³/mol. The van der Waals surface area contributed by atoms with Crippen molar-refractivity contribution >= 4 is 49.8 Å². The van der Waals surface area contributed by atoms with Crippen LogP contribution in [0.4, 0.5) is 4.79 Å². The molecule has 0 unspecified atom stereocenters. The van der Waals surface area contributed by atoms with Crippen molar-refractivity contribution in [1.29, 1.82) is 0 Å². The van der Waals surface area contributed by atoms with Gasteiger partial charge in [0.15, 0.2) is 0 Å². The van der Waals surface area contributed by atoms with Crippen LogP contribution in [0.2, 0.25) is 0 Å². The number of benzene rings is 2. The Hall–Kier alpha value is -1.27. The molecule has 4 atom stereocenters. The number of carbonyl (C=O) groups excluding carboxylic acids is 2. The molecule has 0 radical (unpaired) electrons. The Balaban J connectivity index is 0.000000250. The van der Waals surface area contributed by atoms with Crippen LogP contribution < -0.4 is 40.6 Å². The molecule has 2 aromatic carbocycles. The van der Waals surface area contributed by atoms with Gasteiger partial charge in [0.1, 0.15) is 11.1 Å². The maximum absolute atomic E-state index is 12.2. The van der Waals surface area contributed by atoms with Crippen LogP contribution in [0.5, 0.6) is 0 Å². The minimum Gasteiger partial charge on any atom is -0.870 e. The average Bonchev–Trinajstić information content (AvgIpc) is 3.50. The molecule has 2 saturated carbocycles. The number of urea groups is 1. The van der Waals surface area contributed by atoms with E-state index in [1.807, 2.05) is 36.4 Å². The number of rotatable bonds is 3. The molecule has 3 fully saturated rings. The number of nitrogens with one attached hydrogen (secondary N) is 1. The third-order valence-corrected chi connectivity index (χ3v) is 8.59. The summed E-state index contributed by atoms with van der Waals surface area (Å²) in [7, 11) is 1.54. The van der Waals surface area contributed by atoms with E-state index in [9.17, 15) is 14.4 Å². The summed E-state index contributed by atoms with van der Waals surface area (Å²) in [5.74, 6) is -0.359. The minimum absolute atomic E-state index is 0. The Morgan fingerprint density at radius 2 is 1.41 bits per heavy atom. The first-order chi connectivity index (χ1) is 16.5. The van der Waals surface area contributed by atoms with Gasteiger partial charge in [-0.25, -0.2) is 4.79 Å². The number of nitrogens with two attached hydrogens (primary N) is 1. The number of carboxylic acid groups (broad SMARTS) is 1. The molecule has 0 bridgehead atoms. The van der Waals surface area contributed by atoms with Crippen molar-refractivity contribution in [2.45, 2.75) is 61.4 Å². The molecule has 0 aromatic heterocycles. The topological polar surface area (TPSA) is 143 Å². The van der Waals surface area contributed by atoms with Crippen LogP contribution in [0.1, 0.15) is 61.5 Å². The Labute approximate surface area is 255 Å². The number of halogens is 2. The molecule has 1 aliphatic heterocycles. The van der Waals surface area contributed by atoms with Crippen LogP contribution in [0.15, 0.2) is 57.5 Å². The average molecular weight is 647 g/mol. The number of hydrogen-bond acceptors (Lipinski definition) is 5. The number of carboxylic acids is 1. The molecule has 194 valence electrons. The van der Waals surface area contributed by atoms with Gasteiger partial charge in [-0.3, -0.25) is 14.5 Å². The third kappa shape index (κ3) is 6.84. The number of carbonyl (C=O) groups is 3. The molecule has 3 amide bonds. The summed E-state index contributed by atoms with van der Waals surface area (Å²) in [5.41, 5.74) is 6.57. The Kier molecular flexibility index (Phi) is 11.0. The molecule has 1 spiro atoms. The van der Waals surface area contributed by atoms with Gasteiger partial charge >= 0.3 is 41.6 Å². The summed E-state index contributed by atoms with van der Waals surface area (Å²) in [6.45, 7) is 0. The first-order valence-electron chi connectivity index (χ1n) is 11.7. The Morgan fingerprint density at radius 3 is 1.81 bits per heavy atom. The van der Waals surface area contributed by atoms with Crippen LogP contribution >= 0.6 is 31.9 Å². The van der Waals surface area contributed by atoms with Gasteiger partial charge in [0.05, 0.1) is 0 Å². The maximum atomic E-state index is 12.2. The molecular formula is C26H30Br2N3NaO5. The van der Waals surface area contributed by atoms with E-state index in [1.165, 1.54) is 16.0 Å². The second kappa shape index (κ2) is 12.7. The fourth-order valence-electron chi connectivity index (χ4n) is 5.42. The number of imide groups is 1. The van der Waals surface area contributed by atoms with E-state index in [0.29, 0.717) is 25.2 Å². The van der Waals surface area contributed by atoms with Crippen LogP contribution in [-0.4, -0.2) is 51.5 Å². The zero-order valence-electron chi connectivity index (χ0n) is 20.9. The molecule has 5 N–H and O–H groups in total. The number of nitrogens with zero attached hydrogens (tertiary/aromatic N) is 1. The zero-order chi connectivity index (χ0) is 25.4.